The van der Waals surface area contributed by atoms with Crippen molar-refractivity contribution in [1.29, 1.82) is 0 Å². The van der Waals surface area contributed by atoms with Crippen LogP contribution in [0.4, 0.5) is 0 Å². The summed E-state index contributed by atoms with van der Waals surface area (Å²) in [6.07, 6.45) is 16.1. The molecular formula is C42H58O8. The van der Waals surface area contributed by atoms with Crippen LogP contribution in [-0.4, -0.2) is 63.1 Å². The third kappa shape index (κ3) is 5.04. The van der Waals surface area contributed by atoms with Crippen LogP contribution in [0.15, 0.2) is 23.3 Å². The molecule has 0 amide bonds. The van der Waals surface area contributed by atoms with E-state index in [1.807, 2.05) is 13.0 Å². The van der Waals surface area contributed by atoms with Gasteiger partial charge in [-0.1, -0.05) is 38.8 Å². The summed E-state index contributed by atoms with van der Waals surface area (Å²) in [7, 11) is 0. The molecule has 0 aromatic rings. The van der Waals surface area contributed by atoms with Crippen molar-refractivity contribution in [2.24, 2.45) is 63.1 Å². The number of Topliss-reactive ketones (excluding diaryl/α,β-unsaturated/α-hetero) is 3. The van der Waals surface area contributed by atoms with Crippen molar-refractivity contribution in [2.45, 2.75) is 130 Å². The Hall–Kier alpha value is -2.29. The van der Waals surface area contributed by atoms with Gasteiger partial charge in [-0.3, -0.25) is 24.0 Å². The molecule has 0 aromatic carbocycles. The molecule has 8 heteroatoms. The summed E-state index contributed by atoms with van der Waals surface area (Å²) >= 11 is 0. The molecule has 8 aliphatic rings. The molecule has 8 aliphatic carbocycles. The maximum atomic E-state index is 13.3. The zero-order chi connectivity index (χ0) is 36.0. The van der Waals surface area contributed by atoms with Gasteiger partial charge in [0.25, 0.3) is 0 Å². The Bertz CT molecular complexity index is 1560. The second kappa shape index (κ2) is 12.4. The molecule has 6 saturated carbocycles. The van der Waals surface area contributed by atoms with Crippen molar-refractivity contribution in [2.75, 3.05) is 13.2 Å². The smallest absolute Gasteiger partial charge is 0.190 e. The molecule has 0 unspecified atom stereocenters. The van der Waals surface area contributed by atoms with Gasteiger partial charge in [0.1, 0.15) is 24.6 Å². The van der Waals surface area contributed by atoms with E-state index in [0.29, 0.717) is 55.6 Å². The Balaban J connectivity index is 0.000000157. The van der Waals surface area contributed by atoms with Crippen LogP contribution < -0.4 is 0 Å². The van der Waals surface area contributed by atoms with Gasteiger partial charge >= 0.3 is 0 Å². The molecule has 0 radical (unpaired) electrons. The number of allylic oxidation sites excluding steroid dienone is 2. The van der Waals surface area contributed by atoms with Crippen LogP contribution in [0.1, 0.15) is 124 Å². The van der Waals surface area contributed by atoms with E-state index in [2.05, 4.69) is 20.8 Å². The van der Waals surface area contributed by atoms with Crippen molar-refractivity contribution < 1.29 is 39.3 Å². The average molecular weight is 691 g/mol. The lowest BCUT2D eigenvalue weighted by Crippen LogP contribution is -2.60. The number of fused-ring (bicyclic) bond motifs is 10. The molecule has 0 heterocycles. The van der Waals surface area contributed by atoms with Crippen LogP contribution in [0.5, 0.6) is 0 Å². The maximum Gasteiger partial charge on any atom is 0.190 e. The topological polar surface area (TPSA) is 146 Å². The highest BCUT2D eigenvalue weighted by molar-refractivity contribution is 5.94. The zero-order valence-electron chi connectivity index (χ0n) is 30.6. The molecule has 0 saturated heterocycles. The average Bonchev–Trinajstić information content (AvgIpc) is 3.58. The first-order valence-electron chi connectivity index (χ1n) is 19.6. The fourth-order valence-electron chi connectivity index (χ4n) is 14.2. The molecule has 0 bridgehead atoms. The van der Waals surface area contributed by atoms with Gasteiger partial charge in [0.2, 0.25) is 0 Å². The number of hydrogen-bond donors (Lipinski definition) is 3. The first kappa shape index (κ1) is 36.1. The Morgan fingerprint density at radius 3 is 1.92 bits per heavy atom. The number of aliphatic hydroxyl groups is 3. The fourth-order valence-corrected chi connectivity index (χ4v) is 14.2. The molecule has 0 aliphatic heterocycles. The standard InChI is InChI=1S/C21H28O5.C21H30O3/c1-19-7-5-13(23)9-12(19)3-4-14-15-6-8-21(26,17(25)11-22)20(15,2)10-16(24)18(14)19;1-20-9-7-14(23)11-13(20)3-4-15-16-5-6-18(19(24)12-22)21(16,2)10-8-17(15)20/h9,14-15,18,22,26H,3-8,10-11H2,1-2H3;11,15-18,22H,3-10,12H2,1-2H3/t14-,15-,18+,19-,20-,21-;15-,16-,17-,18+,20-,21-/m00/s1. The number of aliphatic hydroxyl groups excluding tert-OH is 2. The van der Waals surface area contributed by atoms with E-state index in [0.717, 1.165) is 50.5 Å². The highest BCUT2D eigenvalue weighted by atomic mass is 16.3. The molecule has 50 heavy (non-hydrogen) atoms. The van der Waals surface area contributed by atoms with Crippen LogP contribution in [-0.2, 0) is 24.0 Å². The highest BCUT2D eigenvalue weighted by Gasteiger charge is 2.68. The van der Waals surface area contributed by atoms with Crippen LogP contribution in [0, 0.1) is 63.1 Å². The molecule has 8 rings (SSSR count). The van der Waals surface area contributed by atoms with Crippen molar-refractivity contribution in [1.82, 2.24) is 0 Å². The van der Waals surface area contributed by atoms with Gasteiger partial charge in [-0.15, -0.1) is 0 Å². The van der Waals surface area contributed by atoms with Gasteiger partial charge in [-0.2, -0.15) is 0 Å². The van der Waals surface area contributed by atoms with Crippen molar-refractivity contribution in [3.63, 3.8) is 0 Å². The van der Waals surface area contributed by atoms with Crippen molar-refractivity contribution >= 4 is 28.9 Å². The summed E-state index contributed by atoms with van der Waals surface area (Å²) in [5, 5.41) is 29.8. The minimum Gasteiger partial charge on any atom is -0.389 e. The van der Waals surface area contributed by atoms with Crippen LogP contribution in [0.3, 0.4) is 0 Å². The van der Waals surface area contributed by atoms with Gasteiger partial charge < -0.3 is 15.3 Å². The maximum absolute atomic E-state index is 13.3. The largest absolute Gasteiger partial charge is 0.389 e. The van der Waals surface area contributed by atoms with E-state index in [4.69, 9.17) is 0 Å². The molecule has 3 N–H and O–H groups in total. The zero-order valence-corrected chi connectivity index (χ0v) is 30.6. The second-order valence-corrected chi connectivity index (χ2v) is 18.6. The summed E-state index contributed by atoms with van der Waals surface area (Å²) in [4.78, 5) is 61.7. The highest BCUT2D eigenvalue weighted by Crippen LogP contribution is 2.68. The predicted molar refractivity (Wildman–Crippen MR) is 186 cm³/mol. The summed E-state index contributed by atoms with van der Waals surface area (Å²) in [5.41, 5.74) is 0.146. The number of hydrogen-bond acceptors (Lipinski definition) is 8. The monoisotopic (exact) mass is 690 g/mol. The summed E-state index contributed by atoms with van der Waals surface area (Å²) in [6, 6.07) is 0. The molecular weight excluding hydrogens is 632 g/mol. The van der Waals surface area contributed by atoms with E-state index in [1.54, 1.807) is 6.08 Å². The van der Waals surface area contributed by atoms with E-state index in [9.17, 15) is 39.3 Å². The fraction of sp³-hybridized carbons (Fsp3) is 0.786. The van der Waals surface area contributed by atoms with Crippen molar-refractivity contribution in [3.05, 3.63) is 23.3 Å². The normalized spacial score (nSPS) is 47.6. The molecule has 0 aromatic heterocycles. The van der Waals surface area contributed by atoms with E-state index >= 15 is 0 Å². The van der Waals surface area contributed by atoms with Gasteiger partial charge in [0, 0.05) is 36.5 Å². The first-order chi connectivity index (χ1) is 23.6. The SMILES string of the molecule is C[C@]12CCC(=O)C=C1CC[C@@H]1[C@@H]2C(=O)C[C@@]2(C)[C@H]1CC[C@]2(O)C(=O)CO.C[C@]12CC[C@H]3[C@@H](CCC4=CC(=O)CC[C@@]43C)[C@@H]1CC[C@@H]2C(=O)CO. The second-order valence-electron chi connectivity index (χ2n) is 18.6. The first-order valence-corrected chi connectivity index (χ1v) is 19.6. The molecule has 274 valence electrons. The number of ketones is 5. The third-order valence-electron chi connectivity index (χ3n) is 16.9. The van der Waals surface area contributed by atoms with E-state index in [-0.39, 0.29) is 70.3 Å². The van der Waals surface area contributed by atoms with E-state index < -0.39 is 23.4 Å². The van der Waals surface area contributed by atoms with Crippen molar-refractivity contribution in [3.8, 4) is 0 Å². The van der Waals surface area contributed by atoms with Crippen LogP contribution in [0.2, 0.25) is 0 Å². The number of carbonyl (C=O) groups is 5. The third-order valence-corrected chi connectivity index (χ3v) is 16.9. The summed E-state index contributed by atoms with van der Waals surface area (Å²) in [6.45, 7) is 7.72. The van der Waals surface area contributed by atoms with Gasteiger partial charge in [0.05, 0.1) is 0 Å². The Labute approximate surface area is 296 Å². The summed E-state index contributed by atoms with van der Waals surface area (Å²) in [5.74, 6) is 2.25. The lowest BCUT2D eigenvalue weighted by atomic mass is 9.46. The summed E-state index contributed by atoms with van der Waals surface area (Å²) < 4.78 is 0. The Morgan fingerprint density at radius 2 is 1.28 bits per heavy atom. The molecule has 12 atom stereocenters. The van der Waals surface area contributed by atoms with Gasteiger partial charge in [-0.25, -0.2) is 0 Å². The lowest BCUT2D eigenvalue weighted by Gasteiger charge is -2.58. The van der Waals surface area contributed by atoms with Gasteiger partial charge in [-0.05, 0) is 135 Å². The number of rotatable bonds is 4. The van der Waals surface area contributed by atoms with Crippen LogP contribution in [0.25, 0.3) is 0 Å². The van der Waals surface area contributed by atoms with Crippen LogP contribution >= 0.6 is 0 Å². The Morgan fingerprint density at radius 1 is 0.680 bits per heavy atom. The molecule has 8 nitrogen and oxygen atoms in total. The quantitative estimate of drug-likeness (QED) is 0.342. The lowest BCUT2D eigenvalue weighted by molar-refractivity contribution is -0.170. The Kier molecular flexibility index (Phi) is 8.95. The predicted octanol–water partition coefficient (Wildman–Crippen LogP) is 5.69. The van der Waals surface area contributed by atoms with Gasteiger partial charge in [0.15, 0.2) is 23.1 Å². The minimum absolute atomic E-state index is 0.0596. The van der Waals surface area contributed by atoms with E-state index in [1.165, 1.54) is 18.4 Å². The number of carbonyl (C=O) groups excluding carboxylic acids is 5. The molecule has 0 spiro atoms. The minimum atomic E-state index is -1.60. The molecule has 6 fully saturated rings.